The second kappa shape index (κ2) is 9.17. The number of fused-ring (bicyclic) bond motifs is 2. The molecule has 0 saturated carbocycles. The van der Waals surface area contributed by atoms with Crippen LogP contribution in [-0.2, 0) is 0 Å². The molecule has 0 aliphatic carbocycles. The van der Waals surface area contributed by atoms with Gasteiger partial charge in [-0.15, -0.1) is 47.5 Å². The fraction of sp³-hybridized carbons (Fsp3) is 0. The summed E-state index contributed by atoms with van der Waals surface area (Å²) in [6, 6.07) is 13.2. The van der Waals surface area contributed by atoms with Gasteiger partial charge in [0.2, 0.25) is 0 Å². The molecule has 11 heteroatoms. The van der Waals surface area contributed by atoms with Gasteiger partial charge in [-0.05, 0) is 42.5 Å². The number of aromatic nitrogens is 3. The first-order valence-electron chi connectivity index (χ1n) is 8.94. The largest absolute Gasteiger partial charge is 0.384 e. The SMILES string of the molecule is Cl.Cl.N=C(N)c1ccc2nc(-c3cncc(-c4nc5ccc(C(=N)N)cc5s4)c3)sc2c1. The number of hydrogen-bond donors (Lipinski definition) is 4. The standard InChI is InChI=1S/C21H15N7S2.2ClH/c22-18(23)10-1-3-14-16(6-10)29-20(27-14)12-5-13(9-26-8-12)21-28-15-4-2-11(19(24)25)7-17(15)30-21;;/h1-9H,(H3,22,23)(H3,24,25);2*1H. The molecule has 3 heterocycles. The Bertz CT molecular complexity index is 1370. The van der Waals surface area contributed by atoms with Gasteiger partial charge in [-0.2, -0.15) is 0 Å². The van der Waals surface area contributed by atoms with Crippen molar-refractivity contribution >= 4 is 79.6 Å². The first kappa shape index (κ1) is 23.6. The Morgan fingerprint density at radius 2 is 1.12 bits per heavy atom. The third-order valence-corrected chi connectivity index (χ3v) is 6.77. The van der Waals surface area contributed by atoms with Gasteiger partial charge in [0, 0.05) is 34.6 Å². The summed E-state index contributed by atoms with van der Waals surface area (Å²) in [4.78, 5) is 13.8. The second-order valence-corrected chi connectivity index (χ2v) is 8.75. The van der Waals surface area contributed by atoms with Crippen LogP contribution in [0.1, 0.15) is 11.1 Å². The van der Waals surface area contributed by atoms with Crippen LogP contribution >= 0.6 is 47.5 Å². The molecule has 0 radical (unpaired) electrons. The molecule has 0 fully saturated rings. The van der Waals surface area contributed by atoms with E-state index >= 15 is 0 Å². The molecule has 0 saturated heterocycles. The lowest BCUT2D eigenvalue weighted by molar-refractivity contribution is 1.31. The summed E-state index contributed by atoms with van der Waals surface area (Å²) >= 11 is 3.08. The minimum atomic E-state index is 0. The first-order valence-corrected chi connectivity index (χ1v) is 10.6. The molecule has 0 aliphatic rings. The van der Waals surface area contributed by atoms with Crippen molar-refractivity contribution in [3.63, 3.8) is 0 Å². The summed E-state index contributed by atoms with van der Waals surface area (Å²) in [7, 11) is 0. The van der Waals surface area contributed by atoms with Crippen molar-refractivity contribution in [2.45, 2.75) is 0 Å². The Morgan fingerprint density at radius 3 is 1.53 bits per heavy atom. The molecule has 0 atom stereocenters. The Morgan fingerprint density at radius 1 is 0.688 bits per heavy atom. The smallest absolute Gasteiger partial charge is 0.126 e. The molecule has 0 amide bonds. The molecule has 5 rings (SSSR count). The van der Waals surface area contributed by atoms with E-state index in [2.05, 4.69) is 4.98 Å². The highest BCUT2D eigenvalue weighted by atomic mass is 35.5. The zero-order valence-corrected chi connectivity index (χ0v) is 19.6. The normalized spacial score (nSPS) is 10.5. The predicted octanol–water partition coefficient (Wildman–Crippen LogP) is 5.05. The molecule has 3 aromatic heterocycles. The van der Waals surface area contributed by atoms with Crippen LogP contribution in [0, 0.1) is 10.8 Å². The number of nitrogens with two attached hydrogens (primary N) is 2. The Labute approximate surface area is 203 Å². The summed E-state index contributed by atoms with van der Waals surface area (Å²) in [6.45, 7) is 0. The monoisotopic (exact) mass is 501 g/mol. The average Bonchev–Trinajstić information content (AvgIpc) is 3.36. The number of hydrogen-bond acceptors (Lipinski definition) is 7. The summed E-state index contributed by atoms with van der Waals surface area (Å²) < 4.78 is 1.94. The molecule has 2 aromatic carbocycles. The number of halogens is 2. The Hall–Kier alpha value is -3.11. The van der Waals surface area contributed by atoms with E-state index in [1.165, 1.54) is 22.7 Å². The molecular weight excluding hydrogens is 485 g/mol. The van der Waals surface area contributed by atoms with Gasteiger partial charge in [-0.3, -0.25) is 15.8 Å². The van der Waals surface area contributed by atoms with Crippen molar-refractivity contribution in [2.75, 3.05) is 0 Å². The quantitative estimate of drug-likeness (QED) is 0.201. The lowest BCUT2D eigenvalue weighted by Crippen LogP contribution is -2.10. The Kier molecular flexibility index (Phi) is 6.75. The third-order valence-electron chi connectivity index (χ3n) is 4.63. The lowest BCUT2D eigenvalue weighted by atomic mass is 10.2. The summed E-state index contributed by atoms with van der Waals surface area (Å²) in [5.74, 6) is 0.0820. The zero-order valence-electron chi connectivity index (χ0n) is 16.3. The number of nitrogen functional groups attached to an aromatic ring is 2. The van der Waals surface area contributed by atoms with Crippen LogP contribution < -0.4 is 11.5 Å². The van der Waals surface area contributed by atoms with Crippen LogP contribution in [0.25, 0.3) is 41.6 Å². The van der Waals surface area contributed by atoms with Crippen molar-refractivity contribution in [1.29, 1.82) is 10.8 Å². The minimum absolute atomic E-state index is 0. The van der Waals surface area contributed by atoms with Crippen molar-refractivity contribution in [3.8, 4) is 21.1 Å². The first-order chi connectivity index (χ1) is 14.5. The lowest BCUT2D eigenvalue weighted by Gasteiger charge is -1.99. The minimum Gasteiger partial charge on any atom is -0.384 e. The fourth-order valence-electron chi connectivity index (χ4n) is 3.11. The number of nitrogens with one attached hydrogen (secondary N) is 2. The van der Waals surface area contributed by atoms with E-state index in [0.29, 0.717) is 11.1 Å². The number of rotatable bonds is 4. The molecule has 5 aromatic rings. The van der Waals surface area contributed by atoms with Crippen LogP contribution in [0.15, 0.2) is 54.9 Å². The van der Waals surface area contributed by atoms with Gasteiger partial charge in [0.25, 0.3) is 0 Å². The van der Waals surface area contributed by atoms with Crippen molar-refractivity contribution in [3.05, 3.63) is 66.0 Å². The topological polar surface area (TPSA) is 138 Å². The number of pyridine rings is 1. The van der Waals surface area contributed by atoms with Gasteiger partial charge < -0.3 is 11.5 Å². The molecule has 0 aliphatic heterocycles. The van der Waals surface area contributed by atoms with Crippen LogP contribution in [0.2, 0.25) is 0 Å². The molecule has 0 unspecified atom stereocenters. The maximum atomic E-state index is 7.61. The molecule has 6 N–H and O–H groups in total. The van der Waals surface area contributed by atoms with E-state index in [4.69, 9.17) is 32.3 Å². The zero-order chi connectivity index (χ0) is 20.8. The Balaban J connectivity index is 0.00000144. The number of nitrogens with zero attached hydrogens (tertiary/aromatic N) is 3. The van der Waals surface area contributed by atoms with Gasteiger partial charge in [0.15, 0.2) is 0 Å². The van der Waals surface area contributed by atoms with Crippen molar-refractivity contribution in [2.24, 2.45) is 11.5 Å². The van der Waals surface area contributed by atoms with Gasteiger partial charge in [0.1, 0.15) is 21.7 Å². The van der Waals surface area contributed by atoms with E-state index in [9.17, 15) is 0 Å². The highest BCUT2D eigenvalue weighted by Crippen LogP contribution is 2.35. The van der Waals surface area contributed by atoms with Gasteiger partial charge in [-0.1, -0.05) is 0 Å². The highest BCUT2D eigenvalue weighted by Gasteiger charge is 2.12. The maximum Gasteiger partial charge on any atom is 0.126 e. The van der Waals surface area contributed by atoms with Crippen LogP contribution in [0.4, 0.5) is 0 Å². The summed E-state index contributed by atoms with van der Waals surface area (Å²) in [5, 5.41) is 16.9. The number of benzene rings is 2. The van der Waals surface area contributed by atoms with Gasteiger partial charge in [-0.25, -0.2) is 9.97 Å². The maximum absolute atomic E-state index is 7.61. The molecule has 32 heavy (non-hydrogen) atoms. The average molecular weight is 502 g/mol. The van der Waals surface area contributed by atoms with E-state index in [-0.39, 0.29) is 36.5 Å². The molecular formula is C21H17Cl2N7S2. The number of amidine groups is 2. The van der Waals surface area contributed by atoms with Crippen LogP contribution in [-0.4, -0.2) is 26.6 Å². The predicted molar refractivity (Wildman–Crippen MR) is 138 cm³/mol. The third kappa shape index (κ3) is 4.28. The molecule has 0 spiro atoms. The van der Waals surface area contributed by atoms with Crippen LogP contribution in [0.3, 0.4) is 0 Å². The molecule has 162 valence electrons. The second-order valence-electron chi connectivity index (χ2n) is 6.69. The molecule has 0 bridgehead atoms. The highest BCUT2D eigenvalue weighted by molar-refractivity contribution is 7.22. The molecule has 7 nitrogen and oxygen atoms in total. The summed E-state index contributed by atoms with van der Waals surface area (Å²) in [6.07, 6.45) is 3.57. The summed E-state index contributed by atoms with van der Waals surface area (Å²) in [5.41, 5.74) is 16.1. The van der Waals surface area contributed by atoms with E-state index in [0.717, 1.165) is 41.6 Å². The fourth-order valence-corrected chi connectivity index (χ4v) is 5.08. The van der Waals surface area contributed by atoms with Crippen molar-refractivity contribution in [1.82, 2.24) is 15.0 Å². The van der Waals surface area contributed by atoms with Gasteiger partial charge >= 0.3 is 0 Å². The van der Waals surface area contributed by atoms with Gasteiger partial charge in [0.05, 0.1) is 20.4 Å². The van der Waals surface area contributed by atoms with Crippen molar-refractivity contribution < 1.29 is 0 Å². The van der Waals surface area contributed by atoms with E-state index in [1.54, 1.807) is 24.5 Å². The number of thiazole rings is 2. The van der Waals surface area contributed by atoms with E-state index < -0.39 is 0 Å². The van der Waals surface area contributed by atoms with Crippen LogP contribution in [0.5, 0.6) is 0 Å². The van der Waals surface area contributed by atoms with E-state index in [1.807, 2.05) is 30.3 Å².